The maximum Gasteiger partial charge on any atom is 0.232 e. The minimum absolute atomic E-state index is 0.0128. The van der Waals surface area contributed by atoms with Crippen LogP contribution >= 0.6 is 11.6 Å². The second-order valence-electron chi connectivity index (χ2n) is 5.22. The second kappa shape index (κ2) is 6.75. The normalized spacial score (nSPS) is 14.5. The first kappa shape index (κ1) is 16.9. The summed E-state index contributed by atoms with van der Waals surface area (Å²) in [6.07, 6.45) is 2.94. The Balaban J connectivity index is 2.08. The van der Waals surface area contributed by atoms with E-state index in [1.54, 1.807) is 12.1 Å². The number of halogens is 1. The van der Waals surface area contributed by atoms with Gasteiger partial charge in [0.15, 0.2) is 0 Å². The minimum Gasteiger partial charge on any atom is -0.495 e. The summed E-state index contributed by atoms with van der Waals surface area (Å²) in [5.41, 5.74) is 0.439. The Labute approximate surface area is 135 Å². The van der Waals surface area contributed by atoms with Gasteiger partial charge in [-0.2, -0.15) is 0 Å². The molecule has 22 heavy (non-hydrogen) atoms. The highest BCUT2D eigenvalue weighted by molar-refractivity contribution is 7.92. The number of hydrogen-bond donors (Lipinski definition) is 1. The molecule has 1 aliphatic rings. The van der Waals surface area contributed by atoms with E-state index in [0.29, 0.717) is 16.5 Å². The fourth-order valence-electron chi connectivity index (χ4n) is 2.07. The van der Waals surface area contributed by atoms with E-state index in [4.69, 9.17) is 16.3 Å². The average molecular weight is 347 g/mol. The van der Waals surface area contributed by atoms with Crippen molar-refractivity contribution in [2.75, 3.05) is 30.8 Å². The number of sulfonamides is 1. The van der Waals surface area contributed by atoms with E-state index < -0.39 is 10.0 Å². The number of carbonyl (C=O) groups is 1. The summed E-state index contributed by atoms with van der Waals surface area (Å²) in [7, 11) is -1.99. The number of benzene rings is 1. The summed E-state index contributed by atoms with van der Waals surface area (Å²) in [6, 6.07) is 4.76. The summed E-state index contributed by atoms with van der Waals surface area (Å²) in [5, 5.41) is 3.08. The van der Waals surface area contributed by atoms with Crippen molar-refractivity contribution in [1.29, 1.82) is 0 Å². The molecule has 122 valence electrons. The van der Waals surface area contributed by atoms with Gasteiger partial charge in [-0.05, 0) is 31.0 Å². The number of nitrogens with zero attached hydrogens (tertiary/aromatic N) is 1. The largest absolute Gasteiger partial charge is 0.495 e. The molecule has 1 N–H and O–H groups in total. The number of hydrogen-bond acceptors (Lipinski definition) is 4. The lowest BCUT2D eigenvalue weighted by molar-refractivity contribution is -0.122. The molecule has 0 spiro atoms. The molecule has 2 rings (SSSR count). The minimum atomic E-state index is -3.47. The number of ether oxygens (including phenoxy) is 1. The van der Waals surface area contributed by atoms with Gasteiger partial charge in [0.1, 0.15) is 5.75 Å². The van der Waals surface area contributed by atoms with Gasteiger partial charge in [0.2, 0.25) is 15.9 Å². The van der Waals surface area contributed by atoms with Crippen molar-refractivity contribution < 1.29 is 17.9 Å². The Kier molecular flexibility index (Phi) is 5.18. The van der Waals surface area contributed by atoms with Crippen LogP contribution in [0.5, 0.6) is 5.75 Å². The Morgan fingerprint density at radius 1 is 1.45 bits per heavy atom. The highest BCUT2D eigenvalue weighted by Gasteiger charge is 2.29. The van der Waals surface area contributed by atoms with E-state index >= 15 is 0 Å². The number of methoxy groups -OCH3 is 1. The molecule has 6 nitrogen and oxygen atoms in total. The highest BCUT2D eigenvalue weighted by atomic mass is 35.5. The first-order chi connectivity index (χ1) is 10.3. The predicted molar refractivity (Wildman–Crippen MR) is 85.9 cm³/mol. The van der Waals surface area contributed by atoms with E-state index in [0.717, 1.165) is 19.1 Å². The molecule has 1 aliphatic carbocycles. The molecule has 0 aliphatic heterocycles. The summed E-state index contributed by atoms with van der Waals surface area (Å²) in [4.78, 5) is 11.6. The maximum atomic E-state index is 12.0. The molecule has 1 saturated carbocycles. The molecular formula is C14H19ClN2O4S. The van der Waals surface area contributed by atoms with E-state index in [1.807, 2.05) is 0 Å². The molecule has 0 bridgehead atoms. The Morgan fingerprint density at radius 2 is 2.14 bits per heavy atom. The molecular weight excluding hydrogens is 328 g/mol. The van der Waals surface area contributed by atoms with Crippen LogP contribution in [0.25, 0.3) is 0 Å². The van der Waals surface area contributed by atoms with E-state index in [9.17, 15) is 13.2 Å². The lowest BCUT2D eigenvalue weighted by Crippen LogP contribution is -2.38. The average Bonchev–Trinajstić information content (AvgIpc) is 3.26. The lowest BCUT2D eigenvalue weighted by Gasteiger charge is -2.23. The van der Waals surface area contributed by atoms with Crippen molar-refractivity contribution in [3.05, 3.63) is 23.2 Å². The summed E-state index contributed by atoms with van der Waals surface area (Å²) in [6.45, 7) is 0.409. The van der Waals surface area contributed by atoms with Crippen molar-refractivity contribution in [3.63, 3.8) is 0 Å². The van der Waals surface area contributed by atoms with Crippen LogP contribution in [0.3, 0.4) is 0 Å². The molecule has 0 unspecified atom stereocenters. The van der Waals surface area contributed by atoms with Crippen LogP contribution in [0, 0.1) is 5.92 Å². The first-order valence-electron chi connectivity index (χ1n) is 6.92. The van der Waals surface area contributed by atoms with Crippen molar-refractivity contribution in [2.24, 2.45) is 5.92 Å². The van der Waals surface area contributed by atoms with Crippen molar-refractivity contribution in [2.45, 2.75) is 12.8 Å². The van der Waals surface area contributed by atoms with Gasteiger partial charge in [0.25, 0.3) is 0 Å². The zero-order chi connectivity index (χ0) is 16.3. The Bertz CT molecular complexity index is 659. The van der Waals surface area contributed by atoms with Crippen LogP contribution < -0.4 is 14.4 Å². The third kappa shape index (κ3) is 4.27. The van der Waals surface area contributed by atoms with Crippen molar-refractivity contribution >= 4 is 33.2 Å². The fraction of sp³-hybridized carbons (Fsp3) is 0.500. The lowest BCUT2D eigenvalue weighted by atomic mass is 10.3. The van der Waals surface area contributed by atoms with Gasteiger partial charge < -0.3 is 10.1 Å². The van der Waals surface area contributed by atoms with Crippen LogP contribution in [0.15, 0.2) is 18.2 Å². The van der Waals surface area contributed by atoms with Crippen LogP contribution in [-0.4, -0.2) is 40.8 Å². The third-order valence-electron chi connectivity index (χ3n) is 3.39. The number of carbonyl (C=O) groups excluding carboxylic acids is 1. The summed E-state index contributed by atoms with van der Waals surface area (Å²) >= 11 is 6.04. The van der Waals surface area contributed by atoms with Gasteiger partial charge in [-0.15, -0.1) is 0 Å². The van der Waals surface area contributed by atoms with Crippen molar-refractivity contribution in [3.8, 4) is 5.75 Å². The SMILES string of the molecule is COc1ccc(N(CCNC(=O)C2CC2)S(C)(=O)=O)cc1Cl. The quantitative estimate of drug-likeness (QED) is 0.814. The molecule has 0 aromatic heterocycles. The smallest absolute Gasteiger partial charge is 0.232 e. The van der Waals surface area contributed by atoms with Gasteiger partial charge in [0, 0.05) is 12.5 Å². The van der Waals surface area contributed by atoms with Gasteiger partial charge in [-0.1, -0.05) is 11.6 Å². The molecule has 0 saturated heterocycles. The standard InChI is InChI=1S/C14H19ClN2O4S/c1-21-13-6-5-11(9-12(13)15)17(22(2,19)20)8-7-16-14(18)10-3-4-10/h5-6,9-10H,3-4,7-8H2,1-2H3,(H,16,18). The molecule has 1 amide bonds. The second-order valence-corrected chi connectivity index (χ2v) is 7.53. The van der Waals surface area contributed by atoms with E-state index in [2.05, 4.69) is 5.32 Å². The van der Waals surface area contributed by atoms with Gasteiger partial charge in [0.05, 0.1) is 30.6 Å². The molecule has 1 aromatic rings. The number of amides is 1. The van der Waals surface area contributed by atoms with Crippen LogP contribution in [0.1, 0.15) is 12.8 Å². The molecule has 0 atom stereocenters. The summed E-state index contributed by atoms with van der Waals surface area (Å²) < 4.78 is 30.2. The Morgan fingerprint density at radius 3 is 2.64 bits per heavy atom. The zero-order valence-corrected chi connectivity index (χ0v) is 14.1. The number of anilines is 1. The fourth-order valence-corrected chi connectivity index (χ4v) is 3.24. The summed E-state index contributed by atoms with van der Waals surface area (Å²) in [5.74, 6) is 0.559. The third-order valence-corrected chi connectivity index (χ3v) is 4.88. The molecule has 0 heterocycles. The zero-order valence-electron chi connectivity index (χ0n) is 12.5. The first-order valence-corrected chi connectivity index (χ1v) is 9.14. The van der Waals surface area contributed by atoms with Crippen LogP contribution in [0.4, 0.5) is 5.69 Å². The maximum absolute atomic E-state index is 12.0. The van der Waals surface area contributed by atoms with Gasteiger partial charge in [-0.25, -0.2) is 8.42 Å². The molecule has 1 aromatic carbocycles. The molecule has 0 radical (unpaired) electrons. The molecule has 1 fully saturated rings. The van der Waals surface area contributed by atoms with Crippen LogP contribution in [0.2, 0.25) is 5.02 Å². The predicted octanol–water partition coefficient (Wildman–Crippen LogP) is 1.64. The number of rotatable bonds is 7. The van der Waals surface area contributed by atoms with Crippen LogP contribution in [-0.2, 0) is 14.8 Å². The Hall–Kier alpha value is -1.47. The topological polar surface area (TPSA) is 75.7 Å². The monoisotopic (exact) mass is 346 g/mol. The number of nitrogens with one attached hydrogen (secondary N) is 1. The van der Waals surface area contributed by atoms with E-state index in [-0.39, 0.29) is 24.9 Å². The van der Waals surface area contributed by atoms with Gasteiger partial charge in [-0.3, -0.25) is 9.10 Å². The van der Waals surface area contributed by atoms with E-state index in [1.165, 1.54) is 17.5 Å². The van der Waals surface area contributed by atoms with Gasteiger partial charge >= 0.3 is 0 Å². The molecule has 8 heteroatoms. The highest BCUT2D eigenvalue weighted by Crippen LogP contribution is 2.30. The van der Waals surface area contributed by atoms with Crippen molar-refractivity contribution in [1.82, 2.24) is 5.32 Å².